The van der Waals surface area contributed by atoms with Crippen LogP contribution in [0.2, 0.25) is 0 Å². The Morgan fingerprint density at radius 3 is 1.38 bits per heavy atom. The predicted octanol–water partition coefficient (Wildman–Crippen LogP) is 7.22. The number of nitrogens with zero attached hydrogens (tertiary/aromatic N) is 2. The van der Waals surface area contributed by atoms with Crippen molar-refractivity contribution in [1.29, 1.82) is 0 Å². The van der Waals surface area contributed by atoms with Crippen LogP contribution in [0.15, 0.2) is 97.1 Å². The van der Waals surface area contributed by atoms with Crippen LogP contribution in [0.5, 0.6) is 0 Å². The number of aliphatic hydroxyl groups is 2. The zero-order chi connectivity index (χ0) is 56.8. The molecule has 4 aromatic carbocycles. The number of Topliss-reactive ketones (excluding diaryl/α,β-unsaturated/α-hetero) is 2. The number of hydrogen-bond acceptors (Lipinski definition) is 12. The van der Waals surface area contributed by atoms with Crippen molar-refractivity contribution in [3.63, 3.8) is 0 Å². The Morgan fingerprint density at radius 1 is 0.603 bits per heavy atom. The fraction of sp³-hybridized carbons (Fsp3) is 0.452. The van der Waals surface area contributed by atoms with Crippen molar-refractivity contribution in [2.75, 3.05) is 54.6 Å². The lowest BCUT2D eigenvalue weighted by Gasteiger charge is -2.36. The number of carbonyl (C=O) groups is 6. The standard InChI is InChI=1S/C36H46N2O7.C26H30N2O5/c1-5-10-30(45-33-12-7-9-24-43-33)28-19-15-26(16-20-28)13-14-27-17-21-29(22-18-27)34(40)38(4)36(2,35(41)37-3)31(39)25-44-32-11-6-8-23-42-32;1-5-6-22(30)20-13-9-18(10-14-20)7-8-19-11-15-21(16-12-19)24(32)28(4)26(2,23(31)17-29)25(33)27-3/h15-22,30,32-33H,5-12,23-25H2,1-4H3,(H,37,41);9-16,22,29-30H,5-6,17H2,1-4H3,(H,27,33)/t30-,32?,33?,36-;22-,26-/m11/s1. The van der Waals surface area contributed by atoms with Gasteiger partial charge in [-0.25, -0.2) is 0 Å². The number of aliphatic hydroxyl groups excluding tert-OH is 2. The molecule has 6 atom stereocenters. The van der Waals surface area contributed by atoms with Gasteiger partial charge < -0.3 is 49.6 Å². The van der Waals surface area contributed by atoms with Gasteiger partial charge in [0.2, 0.25) is 0 Å². The van der Waals surface area contributed by atoms with Crippen molar-refractivity contribution in [3.8, 4) is 23.7 Å². The normalized spacial score (nSPS) is 17.2. The van der Waals surface area contributed by atoms with Crippen molar-refractivity contribution >= 4 is 35.2 Å². The van der Waals surface area contributed by atoms with E-state index in [1.165, 1.54) is 42.0 Å². The van der Waals surface area contributed by atoms with Gasteiger partial charge in [0, 0.05) is 74.8 Å². The lowest BCUT2D eigenvalue weighted by molar-refractivity contribution is -0.191. The third-order valence-corrected chi connectivity index (χ3v) is 14.2. The average Bonchev–Trinajstić information content (AvgIpc) is 3.51. The van der Waals surface area contributed by atoms with Crippen LogP contribution in [0.4, 0.5) is 0 Å². The van der Waals surface area contributed by atoms with Crippen LogP contribution < -0.4 is 10.6 Å². The molecule has 0 aliphatic carbocycles. The molecule has 0 aromatic heterocycles. The van der Waals surface area contributed by atoms with E-state index in [0.29, 0.717) is 30.6 Å². The Balaban J connectivity index is 0.000000302. The van der Waals surface area contributed by atoms with Gasteiger partial charge in [0.05, 0.1) is 12.2 Å². The molecule has 2 heterocycles. The number of nitrogens with one attached hydrogen (secondary N) is 2. The zero-order valence-electron chi connectivity index (χ0n) is 46.3. The molecule has 6 rings (SSSR count). The van der Waals surface area contributed by atoms with Crippen LogP contribution in [-0.2, 0) is 38.1 Å². The van der Waals surface area contributed by atoms with Gasteiger partial charge in [0.1, 0.15) is 13.2 Å². The summed E-state index contributed by atoms with van der Waals surface area (Å²) in [5, 5.41) is 24.2. The van der Waals surface area contributed by atoms with E-state index in [4.69, 9.17) is 18.9 Å². The molecule has 16 heteroatoms. The van der Waals surface area contributed by atoms with E-state index < -0.39 is 65.3 Å². The Kier molecular flexibility index (Phi) is 24.0. The number of rotatable bonds is 20. The second-order valence-electron chi connectivity index (χ2n) is 19.6. The van der Waals surface area contributed by atoms with E-state index in [1.807, 2.05) is 43.3 Å². The van der Waals surface area contributed by atoms with Crippen LogP contribution in [0.1, 0.15) is 158 Å². The minimum Gasteiger partial charge on any atom is -0.388 e. The molecule has 0 bridgehead atoms. The lowest BCUT2D eigenvalue weighted by atomic mass is 9.92. The van der Waals surface area contributed by atoms with Crippen LogP contribution in [-0.4, -0.2) is 133 Å². The summed E-state index contributed by atoms with van der Waals surface area (Å²) in [5.74, 6) is 8.79. The average molecular weight is 1070 g/mol. The van der Waals surface area contributed by atoms with E-state index in [9.17, 15) is 39.0 Å². The number of hydrogen-bond donors (Lipinski definition) is 4. The van der Waals surface area contributed by atoms with Crippen LogP contribution >= 0.6 is 0 Å². The Labute approximate surface area is 459 Å². The maximum Gasteiger partial charge on any atom is 0.254 e. The Hall–Kier alpha value is -7.02. The fourth-order valence-electron chi connectivity index (χ4n) is 8.79. The van der Waals surface area contributed by atoms with Crippen molar-refractivity contribution < 1.29 is 57.9 Å². The number of benzene rings is 4. The van der Waals surface area contributed by atoms with Crippen molar-refractivity contribution in [3.05, 3.63) is 142 Å². The molecule has 4 amide bonds. The summed E-state index contributed by atoms with van der Waals surface area (Å²) in [6.45, 7) is 7.02. The second-order valence-corrected chi connectivity index (χ2v) is 19.6. The molecule has 0 saturated carbocycles. The third-order valence-electron chi connectivity index (χ3n) is 14.2. The molecule has 0 radical (unpaired) electrons. The van der Waals surface area contributed by atoms with Gasteiger partial charge in [-0.1, -0.05) is 74.6 Å². The molecule has 4 aromatic rings. The highest BCUT2D eigenvalue weighted by atomic mass is 16.7. The number of likely N-dealkylation sites (N-methyl/N-ethyl adjacent to an activating group) is 4. The first-order valence-corrected chi connectivity index (χ1v) is 26.7. The Bertz CT molecular complexity index is 2750. The maximum absolute atomic E-state index is 13.4. The van der Waals surface area contributed by atoms with Crippen molar-refractivity contribution in [1.82, 2.24) is 20.4 Å². The van der Waals surface area contributed by atoms with Crippen molar-refractivity contribution in [2.24, 2.45) is 0 Å². The largest absolute Gasteiger partial charge is 0.388 e. The number of ketones is 2. The summed E-state index contributed by atoms with van der Waals surface area (Å²) < 4.78 is 23.3. The quantitative estimate of drug-likeness (QED) is 0.0511. The van der Waals surface area contributed by atoms with Gasteiger partial charge >= 0.3 is 0 Å². The smallest absolute Gasteiger partial charge is 0.254 e. The molecule has 2 saturated heterocycles. The van der Waals surface area contributed by atoms with Gasteiger partial charge in [0.25, 0.3) is 23.6 Å². The second kappa shape index (κ2) is 30.2. The summed E-state index contributed by atoms with van der Waals surface area (Å²) >= 11 is 0. The number of carbonyl (C=O) groups excluding carboxylic acids is 6. The molecule has 416 valence electrons. The molecule has 0 spiro atoms. The molecule has 2 aliphatic rings. The first-order chi connectivity index (χ1) is 37.4. The number of amides is 4. The molecular formula is C62H76N4O12. The minimum absolute atomic E-state index is 0.0118. The van der Waals surface area contributed by atoms with Gasteiger partial charge in [-0.3, -0.25) is 28.8 Å². The summed E-state index contributed by atoms with van der Waals surface area (Å²) in [5.41, 5.74) is 2.04. The summed E-state index contributed by atoms with van der Waals surface area (Å²) in [7, 11) is 5.59. The monoisotopic (exact) mass is 1070 g/mol. The molecule has 16 nitrogen and oxygen atoms in total. The molecule has 2 aliphatic heterocycles. The molecular weight excluding hydrogens is 993 g/mol. The van der Waals surface area contributed by atoms with Crippen LogP contribution in [0.25, 0.3) is 0 Å². The van der Waals surface area contributed by atoms with E-state index >= 15 is 0 Å². The highest BCUT2D eigenvalue weighted by Crippen LogP contribution is 2.29. The SMILES string of the molecule is CCC[C@@H](O)c1ccc(C#Cc2ccc(C(=O)N(C)[C@](C)(C(=O)CO)C(=O)NC)cc2)cc1.CCC[C@@H](OC1CCCCO1)c1ccc(C#Cc2ccc(C(=O)N(C)[C@](C)(C(=O)COC3CCCCO3)C(=O)NC)cc2)cc1. The first kappa shape index (κ1) is 61.8. The van der Waals surface area contributed by atoms with E-state index in [0.717, 1.165) is 95.6 Å². The molecule has 4 N–H and O–H groups in total. The van der Waals surface area contributed by atoms with E-state index in [1.54, 1.807) is 48.5 Å². The van der Waals surface area contributed by atoms with Crippen molar-refractivity contribution in [2.45, 2.75) is 128 Å². The molecule has 78 heavy (non-hydrogen) atoms. The minimum atomic E-state index is -1.84. The fourth-order valence-corrected chi connectivity index (χ4v) is 8.79. The topological polar surface area (TPSA) is 210 Å². The first-order valence-electron chi connectivity index (χ1n) is 26.7. The Morgan fingerprint density at radius 2 is 1.00 bits per heavy atom. The van der Waals surface area contributed by atoms with Gasteiger partial charge in [-0.2, -0.15) is 0 Å². The predicted molar refractivity (Wildman–Crippen MR) is 296 cm³/mol. The van der Waals surface area contributed by atoms with Gasteiger partial charge in [0.15, 0.2) is 35.2 Å². The maximum atomic E-state index is 13.4. The number of ether oxygens (including phenoxy) is 4. The van der Waals surface area contributed by atoms with Crippen LogP contribution in [0.3, 0.4) is 0 Å². The lowest BCUT2D eigenvalue weighted by Crippen LogP contribution is -2.62. The summed E-state index contributed by atoms with van der Waals surface area (Å²) in [6, 6.07) is 28.8. The van der Waals surface area contributed by atoms with Gasteiger partial charge in [-0.15, -0.1) is 0 Å². The molecule has 2 fully saturated rings. The zero-order valence-corrected chi connectivity index (χ0v) is 46.3. The summed E-state index contributed by atoms with van der Waals surface area (Å²) in [4.78, 5) is 79.3. The van der Waals surface area contributed by atoms with E-state index in [-0.39, 0.29) is 24.6 Å². The van der Waals surface area contributed by atoms with E-state index in [2.05, 4.69) is 53.4 Å². The van der Waals surface area contributed by atoms with Gasteiger partial charge in [-0.05, 0) is 149 Å². The van der Waals surface area contributed by atoms with Crippen LogP contribution in [0, 0.1) is 23.7 Å². The third kappa shape index (κ3) is 16.3. The highest BCUT2D eigenvalue weighted by Gasteiger charge is 2.47. The molecule has 2 unspecified atom stereocenters. The highest BCUT2D eigenvalue weighted by molar-refractivity contribution is 6.15. The summed E-state index contributed by atoms with van der Waals surface area (Å²) in [6.07, 6.45) is 8.16.